The fourth-order valence-corrected chi connectivity index (χ4v) is 3.28. The van der Waals surface area contributed by atoms with E-state index in [1.54, 1.807) is 13.1 Å². The van der Waals surface area contributed by atoms with E-state index in [1.807, 2.05) is 0 Å². The molecule has 1 fully saturated rings. The fourth-order valence-electron chi connectivity index (χ4n) is 1.77. The number of hydrogen-bond acceptors (Lipinski definition) is 3. The maximum Gasteiger partial charge on any atom is 0.214 e. The van der Waals surface area contributed by atoms with Crippen molar-refractivity contribution < 1.29 is 8.42 Å². The van der Waals surface area contributed by atoms with Gasteiger partial charge in [-0.3, -0.25) is 0 Å². The van der Waals surface area contributed by atoms with Crippen molar-refractivity contribution in [3.63, 3.8) is 0 Å². The molecule has 0 unspecified atom stereocenters. The summed E-state index contributed by atoms with van der Waals surface area (Å²) in [6, 6.07) is 0. The van der Waals surface area contributed by atoms with Gasteiger partial charge in [0.25, 0.3) is 0 Å². The van der Waals surface area contributed by atoms with Crippen LogP contribution in [0.4, 0.5) is 0 Å². The lowest BCUT2D eigenvalue weighted by Crippen LogP contribution is -2.36. The van der Waals surface area contributed by atoms with E-state index in [9.17, 15) is 8.42 Å². The Kier molecular flexibility index (Phi) is 4.76. The van der Waals surface area contributed by atoms with E-state index >= 15 is 0 Å². The van der Waals surface area contributed by atoms with E-state index in [-0.39, 0.29) is 5.75 Å². The van der Waals surface area contributed by atoms with Gasteiger partial charge in [-0.05, 0) is 31.8 Å². The topological polar surface area (TPSA) is 49.4 Å². The van der Waals surface area contributed by atoms with Crippen LogP contribution in [-0.4, -0.2) is 45.2 Å². The predicted molar refractivity (Wildman–Crippen MR) is 62.2 cm³/mol. The van der Waals surface area contributed by atoms with Crippen LogP contribution in [0.3, 0.4) is 0 Å². The number of nitrogens with one attached hydrogen (secondary N) is 1. The van der Waals surface area contributed by atoms with Crippen LogP contribution in [0.15, 0.2) is 12.7 Å². The molecule has 1 rings (SSSR count). The minimum absolute atomic E-state index is 0.277. The van der Waals surface area contributed by atoms with Crippen molar-refractivity contribution in [2.75, 3.05) is 32.4 Å². The van der Waals surface area contributed by atoms with Gasteiger partial charge >= 0.3 is 0 Å². The number of nitrogens with zero attached hydrogens (tertiary/aromatic N) is 1. The Balaban J connectivity index is 2.50. The number of rotatable bonds is 5. The summed E-state index contributed by atoms with van der Waals surface area (Å²) >= 11 is 0. The third-order valence-corrected chi connectivity index (χ3v) is 4.76. The molecule has 15 heavy (non-hydrogen) atoms. The Morgan fingerprint density at radius 1 is 1.47 bits per heavy atom. The van der Waals surface area contributed by atoms with Gasteiger partial charge in [0, 0.05) is 13.6 Å². The van der Waals surface area contributed by atoms with Gasteiger partial charge in [-0.15, -0.1) is 6.58 Å². The molecular weight excluding hydrogens is 212 g/mol. The molecule has 1 N–H and O–H groups in total. The fraction of sp³-hybridized carbons (Fsp3) is 0.800. The molecule has 1 aliphatic heterocycles. The zero-order valence-electron chi connectivity index (χ0n) is 9.28. The molecule has 0 spiro atoms. The minimum atomic E-state index is -3.09. The zero-order valence-corrected chi connectivity index (χ0v) is 10.1. The van der Waals surface area contributed by atoms with Gasteiger partial charge in [-0.2, -0.15) is 0 Å². The molecule has 4 nitrogen and oxygen atoms in total. The van der Waals surface area contributed by atoms with Crippen LogP contribution >= 0.6 is 0 Å². The lowest BCUT2D eigenvalue weighted by molar-refractivity contribution is 0.392. The molecule has 0 aromatic carbocycles. The molecule has 0 atom stereocenters. The first-order chi connectivity index (χ1) is 7.06. The van der Waals surface area contributed by atoms with Crippen LogP contribution in [-0.2, 0) is 10.0 Å². The molecule has 1 heterocycles. The highest BCUT2D eigenvalue weighted by molar-refractivity contribution is 7.89. The van der Waals surface area contributed by atoms with Crippen LogP contribution in [0.2, 0.25) is 0 Å². The molecule has 0 saturated carbocycles. The van der Waals surface area contributed by atoms with Gasteiger partial charge in [-0.25, -0.2) is 12.7 Å². The second-order valence-electron chi connectivity index (χ2n) is 4.04. The Hall–Kier alpha value is -0.390. The van der Waals surface area contributed by atoms with Crippen molar-refractivity contribution in [3.8, 4) is 0 Å². The lowest BCUT2D eigenvalue weighted by Gasteiger charge is -2.24. The van der Waals surface area contributed by atoms with E-state index in [0.29, 0.717) is 12.5 Å². The van der Waals surface area contributed by atoms with E-state index in [0.717, 1.165) is 25.9 Å². The molecule has 1 aliphatic rings. The van der Waals surface area contributed by atoms with Crippen molar-refractivity contribution in [3.05, 3.63) is 12.7 Å². The monoisotopic (exact) mass is 232 g/mol. The van der Waals surface area contributed by atoms with Crippen molar-refractivity contribution in [1.29, 1.82) is 0 Å². The predicted octanol–water partition coefficient (Wildman–Crippen LogP) is 0.434. The Labute approximate surface area is 92.4 Å². The Bertz CT molecular complexity index is 295. The molecule has 5 heteroatoms. The first-order valence-electron chi connectivity index (χ1n) is 5.32. The summed E-state index contributed by atoms with van der Waals surface area (Å²) < 4.78 is 25.1. The van der Waals surface area contributed by atoms with Gasteiger partial charge in [0.05, 0.1) is 5.75 Å². The van der Waals surface area contributed by atoms with E-state index < -0.39 is 10.0 Å². The molecule has 0 aromatic rings. The normalized spacial score (nSPS) is 19.3. The van der Waals surface area contributed by atoms with Crippen LogP contribution in [0.25, 0.3) is 0 Å². The van der Waals surface area contributed by atoms with Crippen molar-refractivity contribution in [2.45, 2.75) is 12.8 Å². The van der Waals surface area contributed by atoms with Gasteiger partial charge in [0.1, 0.15) is 0 Å². The lowest BCUT2D eigenvalue weighted by atomic mass is 10.0. The summed E-state index contributed by atoms with van der Waals surface area (Å²) in [4.78, 5) is 0. The molecule has 1 saturated heterocycles. The van der Waals surface area contributed by atoms with Gasteiger partial charge in [0.2, 0.25) is 10.0 Å². The summed E-state index contributed by atoms with van der Waals surface area (Å²) in [5.41, 5.74) is 0. The first kappa shape index (κ1) is 12.7. The van der Waals surface area contributed by atoms with Crippen LogP contribution < -0.4 is 5.32 Å². The summed E-state index contributed by atoms with van der Waals surface area (Å²) in [5.74, 6) is 0.586. The molecule has 0 bridgehead atoms. The van der Waals surface area contributed by atoms with Crippen molar-refractivity contribution in [1.82, 2.24) is 9.62 Å². The Morgan fingerprint density at radius 2 is 2.07 bits per heavy atom. The number of likely N-dealkylation sites (N-methyl/N-ethyl adjacent to an activating group) is 1. The number of hydrogen-bond donors (Lipinski definition) is 1. The summed E-state index contributed by atoms with van der Waals surface area (Å²) in [5, 5.41) is 3.23. The van der Waals surface area contributed by atoms with Crippen molar-refractivity contribution in [2.24, 2.45) is 5.92 Å². The smallest absolute Gasteiger partial charge is 0.214 e. The van der Waals surface area contributed by atoms with Crippen LogP contribution in [0.5, 0.6) is 0 Å². The third-order valence-electron chi connectivity index (χ3n) is 2.77. The average molecular weight is 232 g/mol. The maximum absolute atomic E-state index is 11.8. The standard InChI is InChI=1S/C10H20N2O2S/c1-3-8-12(2)15(13,14)9-10-4-6-11-7-5-10/h3,10-11H,1,4-9H2,2H3. The van der Waals surface area contributed by atoms with Crippen LogP contribution in [0, 0.1) is 5.92 Å². The molecule has 0 aromatic heterocycles. The van der Waals surface area contributed by atoms with E-state index in [4.69, 9.17) is 0 Å². The molecule has 0 amide bonds. The molecular formula is C10H20N2O2S. The highest BCUT2D eigenvalue weighted by atomic mass is 32.2. The molecule has 0 radical (unpaired) electrons. The van der Waals surface area contributed by atoms with Gasteiger partial charge < -0.3 is 5.32 Å². The zero-order chi connectivity index (χ0) is 11.3. The highest BCUT2D eigenvalue weighted by Gasteiger charge is 2.23. The Morgan fingerprint density at radius 3 is 2.60 bits per heavy atom. The second-order valence-corrected chi connectivity index (χ2v) is 6.16. The summed E-state index contributed by atoms with van der Waals surface area (Å²) in [6.07, 6.45) is 3.53. The second kappa shape index (κ2) is 5.63. The minimum Gasteiger partial charge on any atom is -0.317 e. The third kappa shape index (κ3) is 3.93. The highest BCUT2D eigenvalue weighted by Crippen LogP contribution is 2.15. The maximum atomic E-state index is 11.8. The van der Waals surface area contributed by atoms with Crippen LogP contribution in [0.1, 0.15) is 12.8 Å². The number of piperidine rings is 1. The quantitative estimate of drug-likeness (QED) is 0.700. The van der Waals surface area contributed by atoms with Gasteiger partial charge in [0.15, 0.2) is 0 Å². The largest absolute Gasteiger partial charge is 0.317 e. The average Bonchev–Trinajstić information content (AvgIpc) is 2.19. The molecule has 0 aliphatic carbocycles. The number of sulfonamides is 1. The van der Waals surface area contributed by atoms with Crippen molar-refractivity contribution >= 4 is 10.0 Å². The first-order valence-corrected chi connectivity index (χ1v) is 6.93. The molecule has 88 valence electrons. The SMILES string of the molecule is C=CCN(C)S(=O)(=O)CC1CCNCC1. The van der Waals surface area contributed by atoms with E-state index in [2.05, 4.69) is 11.9 Å². The summed E-state index contributed by atoms with van der Waals surface area (Å²) in [7, 11) is -1.48. The van der Waals surface area contributed by atoms with E-state index in [1.165, 1.54) is 4.31 Å². The summed E-state index contributed by atoms with van der Waals surface area (Å²) in [6.45, 7) is 5.81. The van der Waals surface area contributed by atoms with Gasteiger partial charge in [-0.1, -0.05) is 6.08 Å².